The van der Waals surface area contributed by atoms with E-state index in [9.17, 15) is 8.78 Å². The summed E-state index contributed by atoms with van der Waals surface area (Å²) in [5.74, 6) is 0.800. The summed E-state index contributed by atoms with van der Waals surface area (Å²) in [6.07, 6.45) is 19.0. The molecule has 0 heterocycles. The van der Waals surface area contributed by atoms with Crippen LogP contribution in [0.25, 0.3) is 11.1 Å². The summed E-state index contributed by atoms with van der Waals surface area (Å²) in [5, 5.41) is 0. The summed E-state index contributed by atoms with van der Waals surface area (Å²) < 4.78 is 34.6. The van der Waals surface area contributed by atoms with Crippen molar-refractivity contribution in [1.82, 2.24) is 0 Å². The molecule has 1 saturated carbocycles. The van der Waals surface area contributed by atoms with Crippen LogP contribution in [0.15, 0.2) is 60.7 Å². The highest BCUT2D eigenvalue weighted by atomic mass is 19.2. The second-order valence-electron chi connectivity index (χ2n) is 10.2. The van der Waals surface area contributed by atoms with Crippen LogP contribution in [0.1, 0.15) is 76.7 Å². The number of benzene rings is 2. The third-order valence-corrected chi connectivity index (χ3v) is 7.54. The molecule has 0 N–H and O–H groups in total. The van der Waals surface area contributed by atoms with Crippen LogP contribution >= 0.6 is 0 Å². The average molecular weight is 465 g/mol. The maximum atomic E-state index is 14.7. The Morgan fingerprint density at radius 1 is 0.853 bits per heavy atom. The molecule has 2 aromatic rings. The van der Waals surface area contributed by atoms with Gasteiger partial charge in [-0.2, -0.15) is 4.39 Å². The van der Waals surface area contributed by atoms with Gasteiger partial charge in [0.25, 0.3) is 0 Å². The van der Waals surface area contributed by atoms with Gasteiger partial charge >= 0.3 is 0 Å². The van der Waals surface area contributed by atoms with Crippen molar-refractivity contribution in [2.45, 2.75) is 71.1 Å². The minimum Gasteiger partial charge on any atom is -0.490 e. The fourth-order valence-corrected chi connectivity index (χ4v) is 5.16. The van der Waals surface area contributed by atoms with E-state index in [1.807, 2.05) is 31.2 Å². The fraction of sp³-hybridized carbons (Fsp3) is 0.484. The molecule has 0 amide bonds. The summed E-state index contributed by atoms with van der Waals surface area (Å²) in [6, 6.07) is 11.0. The molecule has 1 nitrogen and oxygen atoms in total. The Hall–Kier alpha value is -2.42. The lowest BCUT2D eigenvalue weighted by molar-refractivity contribution is 0.289. The van der Waals surface area contributed by atoms with Crippen molar-refractivity contribution in [3.8, 4) is 16.9 Å². The van der Waals surface area contributed by atoms with E-state index in [4.69, 9.17) is 4.74 Å². The Kier molecular flexibility index (Phi) is 8.59. The highest BCUT2D eigenvalue weighted by Gasteiger charge is 2.19. The van der Waals surface area contributed by atoms with Crippen LogP contribution in [0, 0.1) is 29.4 Å². The van der Waals surface area contributed by atoms with Gasteiger partial charge in [0, 0.05) is 11.5 Å². The third kappa shape index (κ3) is 6.17. The van der Waals surface area contributed by atoms with Crippen LogP contribution in [-0.2, 0) is 0 Å². The molecule has 4 rings (SSSR count). The molecule has 0 aromatic heterocycles. The van der Waals surface area contributed by atoms with Gasteiger partial charge in [0.2, 0.25) is 5.82 Å². The minimum atomic E-state index is -0.908. The van der Waals surface area contributed by atoms with Crippen LogP contribution in [0.2, 0.25) is 0 Å². The highest BCUT2D eigenvalue weighted by Crippen LogP contribution is 2.35. The number of halogens is 2. The molecule has 2 aromatic carbocycles. The molecule has 0 saturated heterocycles. The van der Waals surface area contributed by atoms with E-state index in [0.29, 0.717) is 24.0 Å². The molecular formula is C31H38F2O. The van der Waals surface area contributed by atoms with Gasteiger partial charge in [-0.3, -0.25) is 0 Å². The first-order valence-corrected chi connectivity index (χ1v) is 13.1. The number of allylic oxidation sites excluding steroid dienone is 4. The maximum absolute atomic E-state index is 14.7. The van der Waals surface area contributed by atoms with Gasteiger partial charge in [-0.25, -0.2) is 4.39 Å². The lowest BCUT2D eigenvalue weighted by atomic mass is 9.81. The molecule has 2 aliphatic rings. The predicted octanol–water partition coefficient (Wildman–Crippen LogP) is 9.24. The van der Waals surface area contributed by atoms with E-state index in [2.05, 4.69) is 31.2 Å². The standard InChI is InChI=1S/C31H38F2O/c1-3-4-21-34-29-20-19-28(30(32)31(29)33)27-17-15-26(16-18-27)25-13-11-24(12-14-25)10-9-23-7-5-22(2)6-8-23/h9-11,13,15-20,22-25H,3-8,12,14,21H2,1-2H3/b10-9+. The van der Waals surface area contributed by atoms with Crippen LogP contribution in [0.4, 0.5) is 8.78 Å². The molecule has 2 aliphatic carbocycles. The number of ether oxygens (including phenoxy) is 1. The lowest BCUT2D eigenvalue weighted by Gasteiger charge is -2.25. The molecule has 0 aliphatic heterocycles. The average Bonchev–Trinajstić information content (AvgIpc) is 2.87. The normalized spacial score (nSPS) is 25.1. The molecule has 2 unspecified atom stereocenters. The maximum Gasteiger partial charge on any atom is 0.201 e. The molecule has 0 spiro atoms. The van der Waals surface area contributed by atoms with Crippen molar-refractivity contribution in [1.29, 1.82) is 0 Å². The third-order valence-electron chi connectivity index (χ3n) is 7.54. The van der Waals surface area contributed by atoms with Gasteiger partial charge < -0.3 is 4.74 Å². The van der Waals surface area contributed by atoms with Gasteiger partial charge in [0.05, 0.1) is 6.61 Å². The van der Waals surface area contributed by atoms with Crippen LogP contribution in [-0.4, -0.2) is 6.61 Å². The smallest absolute Gasteiger partial charge is 0.201 e. The largest absolute Gasteiger partial charge is 0.490 e. The summed E-state index contributed by atoms with van der Waals surface area (Å²) in [4.78, 5) is 0. The van der Waals surface area contributed by atoms with Crippen molar-refractivity contribution >= 4 is 0 Å². The van der Waals surface area contributed by atoms with Crippen molar-refractivity contribution in [2.24, 2.45) is 17.8 Å². The summed E-state index contributed by atoms with van der Waals surface area (Å²) >= 11 is 0. The monoisotopic (exact) mass is 464 g/mol. The van der Waals surface area contributed by atoms with E-state index in [0.717, 1.165) is 37.5 Å². The molecular weight excluding hydrogens is 426 g/mol. The predicted molar refractivity (Wildman–Crippen MR) is 137 cm³/mol. The number of hydrogen-bond acceptors (Lipinski definition) is 1. The first-order valence-electron chi connectivity index (χ1n) is 13.1. The van der Waals surface area contributed by atoms with Gasteiger partial charge in [-0.15, -0.1) is 0 Å². The Bertz CT molecular complexity index is 983. The Morgan fingerprint density at radius 3 is 2.29 bits per heavy atom. The fourth-order valence-electron chi connectivity index (χ4n) is 5.16. The van der Waals surface area contributed by atoms with E-state index >= 15 is 0 Å². The lowest BCUT2D eigenvalue weighted by Crippen LogP contribution is -2.11. The molecule has 0 bridgehead atoms. The van der Waals surface area contributed by atoms with Gasteiger partial charge in [0.1, 0.15) is 0 Å². The second-order valence-corrected chi connectivity index (χ2v) is 10.2. The van der Waals surface area contributed by atoms with Gasteiger partial charge in [-0.05, 0) is 73.1 Å². The number of unbranched alkanes of at least 4 members (excludes halogenated alkanes) is 1. The van der Waals surface area contributed by atoms with Crippen LogP contribution < -0.4 is 4.74 Å². The van der Waals surface area contributed by atoms with E-state index in [1.54, 1.807) is 6.07 Å². The Morgan fingerprint density at radius 2 is 1.62 bits per heavy atom. The van der Waals surface area contributed by atoms with Crippen LogP contribution in [0.3, 0.4) is 0 Å². The first kappa shape index (κ1) is 24.7. The van der Waals surface area contributed by atoms with Crippen molar-refractivity contribution in [3.63, 3.8) is 0 Å². The summed E-state index contributed by atoms with van der Waals surface area (Å²) in [5.41, 5.74) is 2.18. The van der Waals surface area contributed by atoms with Crippen LogP contribution in [0.5, 0.6) is 5.75 Å². The topological polar surface area (TPSA) is 9.23 Å². The first-order chi connectivity index (χ1) is 16.5. The van der Waals surface area contributed by atoms with Crippen molar-refractivity contribution in [2.75, 3.05) is 6.61 Å². The number of hydrogen-bond donors (Lipinski definition) is 0. The molecule has 3 heteroatoms. The molecule has 0 radical (unpaired) electrons. The van der Waals surface area contributed by atoms with Gasteiger partial charge in [-0.1, -0.05) is 81.7 Å². The molecule has 182 valence electrons. The molecule has 1 fully saturated rings. The molecule has 2 atom stereocenters. The van der Waals surface area contributed by atoms with E-state index in [1.165, 1.54) is 37.3 Å². The Labute approximate surface area is 203 Å². The highest BCUT2D eigenvalue weighted by molar-refractivity contribution is 5.65. The summed E-state index contributed by atoms with van der Waals surface area (Å²) in [6.45, 7) is 4.79. The van der Waals surface area contributed by atoms with E-state index < -0.39 is 11.6 Å². The zero-order chi connectivity index (χ0) is 23.9. The zero-order valence-electron chi connectivity index (χ0n) is 20.6. The Balaban J connectivity index is 1.37. The quantitative estimate of drug-likeness (QED) is 0.279. The second kappa shape index (κ2) is 11.8. The van der Waals surface area contributed by atoms with E-state index in [-0.39, 0.29) is 11.3 Å². The minimum absolute atomic E-state index is 0.0136. The number of rotatable bonds is 8. The SMILES string of the molecule is CCCCOc1ccc(-c2ccc(C3C=CC(/C=C/C4CCC(C)CC4)CC3)cc2)c(F)c1F. The zero-order valence-corrected chi connectivity index (χ0v) is 20.6. The van der Waals surface area contributed by atoms with Gasteiger partial charge in [0.15, 0.2) is 11.6 Å². The summed E-state index contributed by atoms with van der Waals surface area (Å²) in [7, 11) is 0. The molecule has 34 heavy (non-hydrogen) atoms. The van der Waals surface area contributed by atoms with Crippen molar-refractivity contribution < 1.29 is 13.5 Å². The van der Waals surface area contributed by atoms with Crippen molar-refractivity contribution in [3.05, 3.63) is 77.9 Å².